The maximum atomic E-state index is 13.3. The molecule has 0 saturated heterocycles. The Hall–Kier alpha value is -3.74. The number of benzene rings is 4. The van der Waals surface area contributed by atoms with Gasteiger partial charge < -0.3 is 15.7 Å². The minimum absolute atomic E-state index is 0.264. The van der Waals surface area contributed by atoms with Crippen LogP contribution in [-0.2, 0) is 10.4 Å². The van der Waals surface area contributed by atoms with E-state index < -0.39 is 11.5 Å². The Morgan fingerprint density at radius 1 is 0.636 bits per heavy atom. The summed E-state index contributed by atoms with van der Waals surface area (Å²) in [5, 5.41) is 17.1. The largest absolute Gasteiger partial charge is 0.372 e. The van der Waals surface area contributed by atoms with Gasteiger partial charge >= 0.3 is 0 Å². The third-order valence-corrected chi connectivity index (χ3v) is 5.75. The van der Waals surface area contributed by atoms with Crippen molar-refractivity contribution in [3.05, 3.63) is 130 Å². The first-order valence-corrected chi connectivity index (χ1v) is 11.1. The van der Waals surface area contributed by atoms with Gasteiger partial charge in [-0.15, -0.1) is 0 Å². The molecular weight excluding hydrogens is 480 g/mol. The Bertz CT molecular complexity index is 1200. The highest BCUT2D eigenvalue weighted by molar-refractivity contribution is 9.10. The van der Waals surface area contributed by atoms with Crippen molar-refractivity contribution in [3.63, 3.8) is 0 Å². The van der Waals surface area contributed by atoms with Crippen molar-refractivity contribution in [3.8, 4) is 0 Å². The Balaban J connectivity index is 1.53. The van der Waals surface area contributed by atoms with Crippen molar-refractivity contribution in [1.82, 2.24) is 0 Å². The van der Waals surface area contributed by atoms with Crippen LogP contribution in [0.4, 0.5) is 11.4 Å². The molecule has 0 aliphatic carbocycles. The number of aliphatic hydroxyl groups is 1. The zero-order valence-corrected chi connectivity index (χ0v) is 19.1. The molecule has 4 aromatic rings. The summed E-state index contributed by atoms with van der Waals surface area (Å²) in [6, 6.07) is 31.4. The lowest BCUT2D eigenvalue weighted by atomic mass is 9.85. The second-order valence-corrected chi connectivity index (χ2v) is 8.35. The monoisotopic (exact) mass is 500 g/mol. The van der Waals surface area contributed by atoms with E-state index >= 15 is 0 Å². The lowest BCUT2D eigenvalue weighted by Gasteiger charge is -2.28. The summed E-state index contributed by atoms with van der Waals surface area (Å²) >= 11 is 3.36. The van der Waals surface area contributed by atoms with E-state index in [4.69, 9.17) is 0 Å². The van der Waals surface area contributed by atoms with Crippen molar-refractivity contribution in [2.45, 2.75) is 5.60 Å². The lowest BCUT2D eigenvalue weighted by molar-refractivity contribution is -0.131. The van der Waals surface area contributed by atoms with Crippen LogP contribution in [0.2, 0.25) is 0 Å². The molecule has 0 spiro atoms. The van der Waals surface area contributed by atoms with Crippen LogP contribution < -0.4 is 10.6 Å². The smallest absolute Gasteiger partial charge is 0.265 e. The number of amides is 2. The summed E-state index contributed by atoms with van der Waals surface area (Å²) < 4.78 is 0.923. The summed E-state index contributed by atoms with van der Waals surface area (Å²) in [5.41, 5.74) is 0.623. The van der Waals surface area contributed by atoms with Crippen molar-refractivity contribution < 1.29 is 14.7 Å². The molecule has 4 aromatic carbocycles. The number of rotatable bonds is 6. The second-order valence-electron chi connectivity index (χ2n) is 7.43. The molecule has 0 unspecified atom stereocenters. The molecule has 0 aliphatic heterocycles. The first-order chi connectivity index (χ1) is 16.0. The summed E-state index contributed by atoms with van der Waals surface area (Å²) in [4.78, 5) is 25.8. The van der Waals surface area contributed by atoms with Gasteiger partial charge in [0.05, 0.1) is 0 Å². The molecule has 0 heterocycles. The van der Waals surface area contributed by atoms with E-state index in [-0.39, 0.29) is 5.91 Å². The predicted octanol–water partition coefficient (Wildman–Crippen LogP) is 5.58. The number of carbonyl (C=O) groups is 2. The van der Waals surface area contributed by atoms with Gasteiger partial charge in [-0.2, -0.15) is 0 Å². The molecule has 0 aliphatic rings. The third-order valence-electron chi connectivity index (χ3n) is 5.22. The fourth-order valence-electron chi connectivity index (χ4n) is 3.45. The molecule has 3 N–H and O–H groups in total. The second kappa shape index (κ2) is 9.81. The average molecular weight is 501 g/mol. The van der Waals surface area contributed by atoms with Crippen LogP contribution in [0.15, 0.2) is 114 Å². The molecule has 0 fully saturated rings. The normalized spacial score (nSPS) is 11.0. The fourth-order valence-corrected chi connectivity index (χ4v) is 3.71. The highest BCUT2D eigenvalue weighted by atomic mass is 79.9. The quantitative estimate of drug-likeness (QED) is 0.323. The van der Waals surface area contributed by atoms with Crippen LogP contribution in [0.5, 0.6) is 0 Å². The molecule has 164 valence electrons. The van der Waals surface area contributed by atoms with Gasteiger partial charge in [-0.25, -0.2) is 0 Å². The summed E-state index contributed by atoms with van der Waals surface area (Å²) in [6.45, 7) is 0. The summed E-state index contributed by atoms with van der Waals surface area (Å²) in [7, 11) is 0. The van der Waals surface area contributed by atoms with Crippen LogP contribution in [-0.4, -0.2) is 16.9 Å². The molecular formula is C27H21BrN2O3. The van der Waals surface area contributed by atoms with Crippen LogP contribution in [0.1, 0.15) is 21.5 Å². The molecule has 2 amide bonds. The van der Waals surface area contributed by atoms with E-state index in [1.54, 1.807) is 84.9 Å². The van der Waals surface area contributed by atoms with Gasteiger partial charge in [0.1, 0.15) is 0 Å². The van der Waals surface area contributed by atoms with Crippen molar-refractivity contribution >= 4 is 39.1 Å². The number of nitrogens with one attached hydrogen (secondary N) is 2. The van der Waals surface area contributed by atoms with E-state index in [0.717, 1.165) is 4.47 Å². The highest BCUT2D eigenvalue weighted by Crippen LogP contribution is 2.31. The maximum absolute atomic E-state index is 13.3. The van der Waals surface area contributed by atoms with E-state index in [1.807, 2.05) is 24.3 Å². The summed E-state index contributed by atoms with van der Waals surface area (Å²) in [6.07, 6.45) is 0. The van der Waals surface area contributed by atoms with E-state index in [1.165, 1.54) is 0 Å². The number of halogens is 1. The number of hydrogen-bond donors (Lipinski definition) is 3. The van der Waals surface area contributed by atoms with Crippen LogP contribution in [0.25, 0.3) is 0 Å². The molecule has 6 heteroatoms. The SMILES string of the molecule is O=C(Nc1ccc(Br)cc1)c1ccc(NC(=O)C(O)(c2ccccc2)c2ccccc2)cc1. The Morgan fingerprint density at radius 3 is 1.61 bits per heavy atom. The minimum atomic E-state index is -1.87. The first-order valence-electron chi connectivity index (χ1n) is 10.3. The fraction of sp³-hybridized carbons (Fsp3) is 0.0370. The van der Waals surface area contributed by atoms with E-state index in [0.29, 0.717) is 28.1 Å². The van der Waals surface area contributed by atoms with Crippen LogP contribution >= 0.6 is 15.9 Å². The maximum Gasteiger partial charge on any atom is 0.265 e. The average Bonchev–Trinajstić information content (AvgIpc) is 2.86. The molecule has 0 atom stereocenters. The Kier molecular flexibility index (Phi) is 6.68. The van der Waals surface area contributed by atoms with E-state index in [9.17, 15) is 14.7 Å². The van der Waals surface area contributed by atoms with Crippen molar-refractivity contribution in [1.29, 1.82) is 0 Å². The van der Waals surface area contributed by atoms with Crippen molar-refractivity contribution in [2.24, 2.45) is 0 Å². The van der Waals surface area contributed by atoms with Gasteiger partial charge in [-0.05, 0) is 59.7 Å². The predicted molar refractivity (Wildman–Crippen MR) is 133 cm³/mol. The van der Waals surface area contributed by atoms with Gasteiger partial charge in [0.15, 0.2) is 5.60 Å². The Morgan fingerprint density at radius 2 is 1.09 bits per heavy atom. The zero-order valence-electron chi connectivity index (χ0n) is 17.5. The molecule has 0 bridgehead atoms. The number of carbonyl (C=O) groups excluding carboxylic acids is 2. The van der Waals surface area contributed by atoms with Gasteiger partial charge in [-0.1, -0.05) is 76.6 Å². The molecule has 33 heavy (non-hydrogen) atoms. The standard InChI is InChI=1S/C27H21BrN2O3/c28-22-13-17-23(18-14-22)29-25(31)19-11-15-24(16-12-19)30-26(32)27(33,20-7-3-1-4-8-20)21-9-5-2-6-10-21/h1-18,33H,(H,29,31)(H,30,32). The van der Waals surface area contributed by atoms with E-state index in [2.05, 4.69) is 26.6 Å². The lowest BCUT2D eigenvalue weighted by Crippen LogP contribution is -2.41. The molecule has 0 aromatic heterocycles. The minimum Gasteiger partial charge on any atom is -0.372 e. The summed E-state index contributed by atoms with van der Waals surface area (Å²) in [5.74, 6) is -0.854. The van der Waals surface area contributed by atoms with Gasteiger partial charge in [0.25, 0.3) is 11.8 Å². The van der Waals surface area contributed by atoms with Crippen LogP contribution in [0, 0.1) is 0 Å². The Labute approximate surface area is 200 Å². The number of hydrogen-bond acceptors (Lipinski definition) is 3. The van der Waals surface area contributed by atoms with Gasteiger partial charge in [0.2, 0.25) is 0 Å². The third kappa shape index (κ3) is 5.03. The van der Waals surface area contributed by atoms with Crippen molar-refractivity contribution in [2.75, 3.05) is 10.6 Å². The molecule has 5 nitrogen and oxygen atoms in total. The molecule has 4 rings (SSSR count). The van der Waals surface area contributed by atoms with Crippen LogP contribution in [0.3, 0.4) is 0 Å². The van der Waals surface area contributed by atoms with Gasteiger partial charge in [-0.3, -0.25) is 9.59 Å². The topological polar surface area (TPSA) is 78.4 Å². The van der Waals surface area contributed by atoms with Gasteiger partial charge in [0, 0.05) is 21.4 Å². The first kappa shape index (κ1) is 22.5. The molecule has 0 radical (unpaired) electrons. The number of anilines is 2. The molecule has 0 saturated carbocycles. The highest BCUT2D eigenvalue weighted by Gasteiger charge is 2.39. The zero-order chi connectivity index (χ0) is 23.3.